The van der Waals surface area contributed by atoms with Crippen LogP contribution in [0.25, 0.3) is 0 Å². The molecule has 0 spiro atoms. The van der Waals surface area contributed by atoms with Crippen LogP contribution in [0.5, 0.6) is 0 Å². The highest BCUT2D eigenvalue weighted by Gasteiger charge is 2.30. The van der Waals surface area contributed by atoms with Crippen LogP contribution in [0.2, 0.25) is 0 Å². The first-order valence-corrected chi connectivity index (χ1v) is 8.32. The summed E-state index contributed by atoms with van der Waals surface area (Å²) in [5.41, 5.74) is 0.126. The van der Waals surface area contributed by atoms with Gasteiger partial charge in [-0.25, -0.2) is 0 Å². The van der Waals surface area contributed by atoms with Crippen LogP contribution in [0.4, 0.5) is 0 Å². The second-order valence-corrected chi connectivity index (χ2v) is 6.94. The number of hydrogen-bond acceptors (Lipinski definition) is 4. The fourth-order valence-corrected chi connectivity index (χ4v) is 2.76. The molecule has 2 amide bonds. The van der Waals surface area contributed by atoms with Gasteiger partial charge >= 0.3 is 0 Å². The van der Waals surface area contributed by atoms with E-state index in [-0.39, 0.29) is 17.9 Å². The van der Waals surface area contributed by atoms with Gasteiger partial charge in [0.2, 0.25) is 5.91 Å². The van der Waals surface area contributed by atoms with Crippen LogP contribution in [0.3, 0.4) is 0 Å². The number of nitrogens with one attached hydrogen (secondary N) is 2. The number of rotatable bonds is 6. The van der Waals surface area contributed by atoms with Gasteiger partial charge in [-0.2, -0.15) is 0 Å². The van der Waals surface area contributed by atoms with Gasteiger partial charge in [-0.1, -0.05) is 6.07 Å². The summed E-state index contributed by atoms with van der Waals surface area (Å²) in [5, 5.41) is 7.56. The minimum absolute atomic E-state index is 0.0391. The number of nitrogens with zero attached hydrogens (tertiary/aromatic N) is 1. The predicted octanol–water partition coefficient (Wildman–Crippen LogP) is 2.40. The van der Waals surface area contributed by atoms with Crippen molar-refractivity contribution in [2.24, 2.45) is 0 Å². The molecule has 0 aliphatic heterocycles. The molecule has 0 aliphatic rings. The van der Waals surface area contributed by atoms with E-state index in [0.717, 1.165) is 5.56 Å². The van der Waals surface area contributed by atoms with Gasteiger partial charge in [-0.05, 0) is 56.3 Å². The highest BCUT2D eigenvalue weighted by Crippen LogP contribution is 2.12. The highest BCUT2D eigenvalue weighted by atomic mass is 32.1. The van der Waals surface area contributed by atoms with Crippen molar-refractivity contribution in [2.75, 3.05) is 0 Å². The van der Waals surface area contributed by atoms with Gasteiger partial charge in [0.25, 0.3) is 5.91 Å². The van der Waals surface area contributed by atoms with Crippen LogP contribution in [-0.4, -0.2) is 28.4 Å². The van der Waals surface area contributed by atoms with Gasteiger partial charge in [0, 0.05) is 18.4 Å². The molecule has 0 saturated carbocycles. The summed E-state index contributed by atoms with van der Waals surface area (Å²) in [6.45, 7) is 5.34. The molecule has 2 N–H and O–H groups in total. The third-order valence-corrected chi connectivity index (χ3v) is 4.28. The van der Waals surface area contributed by atoms with Crippen LogP contribution in [-0.2, 0) is 11.2 Å². The minimum atomic E-state index is -0.979. The fourth-order valence-electron chi connectivity index (χ4n) is 2.14. The highest BCUT2D eigenvalue weighted by molar-refractivity contribution is 7.12. The van der Waals surface area contributed by atoms with Crippen molar-refractivity contribution in [3.05, 3.63) is 52.5 Å². The normalized spacial score (nSPS) is 12.5. The molecule has 2 aromatic heterocycles. The molecule has 1 atom stereocenters. The maximum atomic E-state index is 12.4. The number of carbonyl (C=O) groups excluding carboxylic acids is 2. The van der Waals surface area contributed by atoms with Gasteiger partial charge in [-0.15, -0.1) is 11.3 Å². The molecule has 0 bridgehead atoms. The van der Waals surface area contributed by atoms with E-state index in [0.29, 0.717) is 11.3 Å². The lowest BCUT2D eigenvalue weighted by Crippen LogP contribution is -2.56. The Balaban J connectivity index is 1.91. The van der Waals surface area contributed by atoms with Crippen molar-refractivity contribution in [1.82, 2.24) is 15.6 Å². The van der Waals surface area contributed by atoms with E-state index in [9.17, 15) is 9.59 Å². The third kappa shape index (κ3) is 4.89. The van der Waals surface area contributed by atoms with Crippen LogP contribution >= 0.6 is 11.3 Å². The molecule has 0 saturated heterocycles. The summed E-state index contributed by atoms with van der Waals surface area (Å²) in [6, 6.07) is 7.35. The minimum Gasteiger partial charge on any atom is -0.351 e. The molecule has 2 rings (SSSR count). The summed E-state index contributed by atoms with van der Waals surface area (Å²) in [7, 11) is 0. The summed E-state index contributed by atoms with van der Waals surface area (Å²) in [6.07, 6.45) is 4.17. The molecule has 6 heteroatoms. The van der Waals surface area contributed by atoms with E-state index in [2.05, 4.69) is 15.6 Å². The zero-order valence-corrected chi connectivity index (χ0v) is 14.3. The van der Waals surface area contributed by atoms with Crippen molar-refractivity contribution >= 4 is 23.2 Å². The van der Waals surface area contributed by atoms with E-state index in [1.807, 2.05) is 30.5 Å². The monoisotopic (exact) mass is 331 g/mol. The summed E-state index contributed by atoms with van der Waals surface area (Å²) in [4.78, 5) is 29.1. The Morgan fingerprint density at radius 3 is 2.57 bits per heavy atom. The molecule has 0 radical (unpaired) electrons. The zero-order valence-electron chi connectivity index (χ0n) is 13.5. The molecule has 1 unspecified atom stereocenters. The Hall–Kier alpha value is -2.21. The summed E-state index contributed by atoms with van der Waals surface area (Å²) in [5.74, 6) is -0.439. The molecule has 2 heterocycles. The fraction of sp³-hybridized carbons (Fsp3) is 0.353. The van der Waals surface area contributed by atoms with Gasteiger partial charge in [0.1, 0.15) is 5.54 Å². The second kappa shape index (κ2) is 7.37. The molecular weight excluding hydrogens is 310 g/mol. The number of pyridine rings is 1. The maximum absolute atomic E-state index is 12.4. The Morgan fingerprint density at radius 1 is 1.26 bits per heavy atom. The van der Waals surface area contributed by atoms with Crippen molar-refractivity contribution in [1.29, 1.82) is 0 Å². The molecule has 0 aromatic carbocycles. The first kappa shape index (κ1) is 17.1. The standard InChI is InChI=1S/C17H21N3O2S/c1-12(11-13-6-8-18-9-7-13)19-16(22)17(2,3)20-15(21)14-5-4-10-23-14/h4-10,12H,11H2,1-3H3,(H,19,22)(H,20,21). The molecule has 0 fully saturated rings. The van der Waals surface area contributed by atoms with Gasteiger partial charge in [0.05, 0.1) is 4.88 Å². The number of amides is 2. The van der Waals surface area contributed by atoms with Gasteiger partial charge in [-0.3, -0.25) is 14.6 Å². The largest absolute Gasteiger partial charge is 0.351 e. The smallest absolute Gasteiger partial charge is 0.262 e. The Labute approximate surface area is 140 Å². The predicted molar refractivity (Wildman–Crippen MR) is 91.4 cm³/mol. The molecule has 2 aromatic rings. The Bertz CT molecular complexity index is 654. The quantitative estimate of drug-likeness (QED) is 0.854. The average Bonchev–Trinajstić information content (AvgIpc) is 3.02. The summed E-state index contributed by atoms with van der Waals surface area (Å²) >= 11 is 1.35. The zero-order chi connectivity index (χ0) is 16.9. The topological polar surface area (TPSA) is 71.1 Å². The molecule has 0 aliphatic carbocycles. The number of hydrogen-bond donors (Lipinski definition) is 2. The lowest BCUT2D eigenvalue weighted by Gasteiger charge is -2.27. The number of carbonyl (C=O) groups is 2. The Morgan fingerprint density at radius 2 is 1.96 bits per heavy atom. The molecule has 5 nitrogen and oxygen atoms in total. The van der Waals surface area contributed by atoms with E-state index in [1.165, 1.54) is 11.3 Å². The van der Waals surface area contributed by atoms with Gasteiger partial charge in [0.15, 0.2) is 0 Å². The second-order valence-electron chi connectivity index (χ2n) is 5.99. The van der Waals surface area contributed by atoms with E-state index < -0.39 is 5.54 Å². The summed E-state index contributed by atoms with van der Waals surface area (Å²) < 4.78 is 0. The molecular formula is C17H21N3O2S. The molecule has 23 heavy (non-hydrogen) atoms. The lowest BCUT2D eigenvalue weighted by atomic mass is 10.0. The lowest BCUT2D eigenvalue weighted by molar-refractivity contribution is -0.126. The van der Waals surface area contributed by atoms with E-state index >= 15 is 0 Å². The van der Waals surface area contributed by atoms with Crippen LogP contribution in [0.1, 0.15) is 36.0 Å². The van der Waals surface area contributed by atoms with Crippen molar-refractivity contribution in [2.45, 2.75) is 38.8 Å². The van der Waals surface area contributed by atoms with Crippen molar-refractivity contribution in [3.8, 4) is 0 Å². The van der Waals surface area contributed by atoms with Crippen LogP contribution < -0.4 is 10.6 Å². The first-order valence-electron chi connectivity index (χ1n) is 7.44. The van der Waals surface area contributed by atoms with Crippen molar-refractivity contribution in [3.63, 3.8) is 0 Å². The number of thiophene rings is 1. The average molecular weight is 331 g/mol. The molecule has 122 valence electrons. The third-order valence-electron chi connectivity index (χ3n) is 3.41. The van der Waals surface area contributed by atoms with Crippen LogP contribution in [0.15, 0.2) is 42.0 Å². The number of aromatic nitrogens is 1. The maximum Gasteiger partial charge on any atom is 0.262 e. The Kier molecular flexibility index (Phi) is 5.50. The van der Waals surface area contributed by atoms with E-state index in [1.54, 1.807) is 32.3 Å². The SMILES string of the molecule is CC(Cc1ccncc1)NC(=O)C(C)(C)NC(=O)c1cccs1. The first-order chi connectivity index (χ1) is 10.9. The van der Waals surface area contributed by atoms with Crippen LogP contribution in [0, 0.1) is 0 Å². The van der Waals surface area contributed by atoms with Crippen molar-refractivity contribution < 1.29 is 9.59 Å². The van der Waals surface area contributed by atoms with E-state index in [4.69, 9.17) is 0 Å². The van der Waals surface area contributed by atoms with Gasteiger partial charge < -0.3 is 10.6 Å².